The standard InChI is InChI=1S/C32H54O2Si2/c1-10-11-12-13-16-21-28(26-27-33-35(8,9)31(2,3)4)34-36(32(5,6)7,29-22-17-14-18-23-29)30-24-19-15-20-25-30/h14-15,17-20,22-25,28H,10-13,16,21,26-27H2,1-9H3. The fourth-order valence-electron chi connectivity index (χ4n) is 4.84. The first-order valence-corrected chi connectivity index (χ1v) is 19.1. The molecule has 0 saturated heterocycles. The lowest BCUT2D eigenvalue weighted by Crippen LogP contribution is -2.67. The van der Waals surface area contributed by atoms with Crippen molar-refractivity contribution in [3.8, 4) is 0 Å². The van der Waals surface area contributed by atoms with Crippen molar-refractivity contribution in [1.82, 2.24) is 0 Å². The highest BCUT2D eigenvalue weighted by molar-refractivity contribution is 6.99. The van der Waals surface area contributed by atoms with E-state index in [0.717, 1.165) is 19.4 Å². The summed E-state index contributed by atoms with van der Waals surface area (Å²) in [7, 11) is -4.35. The van der Waals surface area contributed by atoms with Gasteiger partial charge in [0.2, 0.25) is 0 Å². The summed E-state index contributed by atoms with van der Waals surface area (Å²) in [6.45, 7) is 21.9. The Kier molecular flexibility index (Phi) is 11.7. The Morgan fingerprint density at radius 1 is 0.667 bits per heavy atom. The first-order chi connectivity index (χ1) is 16.8. The van der Waals surface area contributed by atoms with Crippen LogP contribution in [-0.4, -0.2) is 29.3 Å². The number of unbranched alkanes of at least 4 members (excludes halogenated alkanes) is 4. The predicted octanol–water partition coefficient (Wildman–Crippen LogP) is 8.70. The van der Waals surface area contributed by atoms with Crippen molar-refractivity contribution in [2.75, 3.05) is 6.61 Å². The maximum absolute atomic E-state index is 7.56. The van der Waals surface area contributed by atoms with Crippen molar-refractivity contribution in [3.05, 3.63) is 60.7 Å². The minimum atomic E-state index is -2.56. The molecule has 1 atom stereocenters. The average molecular weight is 527 g/mol. The smallest absolute Gasteiger partial charge is 0.261 e. The van der Waals surface area contributed by atoms with Gasteiger partial charge in [-0.1, -0.05) is 141 Å². The number of rotatable bonds is 14. The zero-order valence-electron chi connectivity index (χ0n) is 24.8. The Balaban J connectivity index is 2.40. The third-order valence-electron chi connectivity index (χ3n) is 8.10. The van der Waals surface area contributed by atoms with Gasteiger partial charge in [-0.3, -0.25) is 0 Å². The van der Waals surface area contributed by atoms with Crippen LogP contribution in [0.3, 0.4) is 0 Å². The molecular formula is C32H54O2Si2. The van der Waals surface area contributed by atoms with Gasteiger partial charge >= 0.3 is 0 Å². The van der Waals surface area contributed by atoms with Crippen LogP contribution < -0.4 is 10.4 Å². The van der Waals surface area contributed by atoms with E-state index in [2.05, 4.69) is 122 Å². The molecule has 4 heteroatoms. The molecular weight excluding hydrogens is 473 g/mol. The fourth-order valence-corrected chi connectivity index (χ4v) is 10.7. The van der Waals surface area contributed by atoms with Gasteiger partial charge in [0.25, 0.3) is 8.32 Å². The van der Waals surface area contributed by atoms with E-state index < -0.39 is 16.6 Å². The molecule has 0 aliphatic carbocycles. The van der Waals surface area contributed by atoms with Crippen molar-refractivity contribution >= 4 is 27.0 Å². The van der Waals surface area contributed by atoms with Gasteiger partial charge in [0.05, 0.1) is 0 Å². The Bertz CT molecular complexity index is 827. The lowest BCUT2D eigenvalue weighted by atomic mass is 10.1. The quantitative estimate of drug-likeness (QED) is 0.181. The molecule has 0 saturated carbocycles. The van der Waals surface area contributed by atoms with Crippen molar-refractivity contribution in [2.45, 2.75) is 123 Å². The van der Waals surface area contributed by atoms with Gasteiger partial charge in [0, 0.05) is 12.7 Å². The average Bonchev–Trinajstić information content (AvgIpc) is 2.81. The summed E-state index contributed by atoms with van der Waals surface area (Å²) in [5.74, 6) is 0. The van der Waals surface area contributed by atoms with Crippen molar-refractivity contribution in [3.63, 3.8) is 0 Å². The molecule has 0 heterocycles. The van der Waals surface area contributed by atoms with E-state index in [0.29, 0.717) is 0 Å². The largest absolute Gasteiger partial charge is 0.417 e. The molecule has 0 amide bonds. The zero-order valence-corrected chi connectivity index (χ0v) is 26.8. The topological polar surface area (TPSA) is 18.5 Å². The minimum absolute atomic E-state index is 0.00352. The first-order valence-electron chi connectivity index (χ1n) is 14.3. The van der Waals surface area contributed by atoms with E-state index in [1.165, 1.54) is 42.5 Å². The molecule has 2 aromatic rings. The molecule has 0 fully saturated rings. The Morgan fingerprint density at radius 2 is 1.17 bits per heavy atom. The van der Waals surface area contributed by atoms with Crippen LogP contribution >= 0.6 is 0 Å². The molecule has 2 aromatic carbocycles. The van der Waals surface area contributed by atoms with Gasteiger partial charge < -0.3 is 8.85 Å². The molecule has 0 aromatic heterocycles. The molecule has 202 valence electrons. The minimum Gasteiger partial charge on any atom is -0.417 e. The second kappa shape index (κ2) is 13.5. The molecule has 0 bridgehead atoms. The first kappa shape index (κ1) is 31.0. The van der Waals surface area contributed by atoms with E-state index in [4.69, 9.17) is 8.85 Å². The Labute approximate surface area is 225 Å². The van der Waals surface area contributed by atoms with Crippen molar-refractivity contribution in [1.29, 1.82) is 0 Å². The third-order valence-corrected chi connectivity index (χ3v) is 17.7. The van der Waals surface area contributed by atoms with Crippen LogP contribution in [0, 0.1) is 0 Å². The molecule has 0 radical (unpaired) electrons. The van der Waals surface area contributed by atoms with Crippen LogP contribution in [0.15, 0.2) is 60.7 Å². The summed E-state index contributed by atoms with van der Waals surface area (Å²) in [5.41, 5.74) is 0. The number of hydrogen-bond acceptors (Lipinski definition) is 2. The van der Waals surface area contributed by atoms with Gasteiger partial charge in [-0.15, -0.1) is 0 Å². The molecule has 0 aliphatic heterocycles. The highest BCUT2D eigenvalue weighted by atomic mass is 28.4. The summed E-state index contributed by atoms with van der Waals surface area (Å²) in [4.78, 5) is 0. The maximum atomic E-state index is 7.56. The normalized spacial score (nSPS) is 14.1. The highest BCUT2D eigenvalue weighted by Crippen LogP contribution is 2.39. The Hall–Kier alpha value is -1.21. The van der Waals surface area contributed by atoms with E-state index in [1.807, 2.05) is 0 Å². The molecule has 1 unspecified atom stereocenters. The van der Waals surface area contributed by atoms with E-state index in [1.54, 1.807) is 0 Å². The molecule has 2 rings (SSSR count). The van der Waals surface area contributed by atoms with Gasteiger partial charge in [-0.05, 0) is 46.4 Å². The molecule has 0 N–H and O–H groups in total. The van der Waals surface area contributed by atoms with Crippen LogP contribution in [0.4, 0.5) is 0 Å². The van der Waals surface area contributed by atoms with Crippen LogP contribution in [0.25, 0.3) is 0 Å². The SMILES string of the molecule is CCCCCCCC(CCO[Si](C)(C)C(C)(C)C)O[Si](c1ccccc1)(c1ccccc1)C(C)(C)C. The second-order valence-corrected chi connectivity index (χ2v) is 22.1. The van der Waals surface area contributed by atoms with E-state index in [-0.39, 0.29) is 16.2 Å². The second-order valence-electron chi connectivity index (χ2n) is 13.0. The van der Waals surface area contributed by atoms with Gasteiger partial charge in [-0.2, -0.15) is 0 Å². The summed E-state index contributed by atoms with van der Waals surface area (Å²) in [6, 6.07) is 22.1. The predicted molar refractivity (Wildman–Crippen MR) is 164 cm³/mol. The van der Waals surface area contributed by atoms with Crippen LogP contribution in [0.5, 0.6) is 0 Å². The highest BCUT2D eigenvalue weighted by Gasteiger charge is 2.51. The van der Waals surface area contributed by atoms with Crippen molar-refractivity contribution < 1.29 is 8.85 Å². The fraction of sp³-hybridized carbons (Fsp3) is 0.625. The van der Waals surface area contributed by atoms with Gasteiger partial charge in [0.15, 0.2) is 8.32 Å². The van der Waals surface area contributed by atoms with Crippen molar-refractivity contribution in [2.24, 2.45) is 0 Å². The van der Waals surface area contributed by atoms with Crippen LogP contribution in [0.2, 0.25) is 23.2 Å². The number of benzene rings is 2. The van der Waals surface area contributed by atoms with Gasteiger partial charge in [0.1, 0.15) is 0 Å². The molecule has 0 aliphatic rings. The monoisotopic (exact) mass is 526 g/mol. The summed E-state index contributed by atoms with van der Waals surface area (Å²) in [6.07, 6.45) is 8.71. The summed E-state index contributed by atoms with van der Waals surface area (Å²) >= 11 is 0. The Morgan fingerprint density at radius 3 is 1.61 bits per heavy atom. The molecule has 0 spiro atoms. The van der Waals surface area contributed by atoms with Crippen LogP contribution in [0.1, 0.15) is 93.4 Å². The van der Waals surface area contributed by atoms with Gasteiger partial charge in [-0.25, -0.2) is 0 Å². The van der Waals surface area contributed by atoms with E-state index in [9.17, 15) is 0 Å². The van der Waals surface area contributed by atoms with Crippen LogP contribution in [-0.2, 0) is 8.85 Å². The van der Waals surface area contributed by atoms with E-state index >= 15 is 0 Å². The third kappa shape index (κ3) is 8.15. The lowest BCUT2D eigenvalue weighted by Gasteiger charge is -2.45. The zero-order chi connectivity index (χ0) is 26.9. The molecule has 36 heavy (non-hydrogen) atoms. The summed E-state index contributed by atoms with van der Waals surface area (Å²) in [5, 5.41) is 2.95. The molecule has 2 nitrogen and oxygen atoms in total. The maximum Gasteiger partial charge on any atom is 0.261 e. The number of hydrogen-bond donors (Lipinski definition) is 0. The lowest BCUT2D eigenvalue weighted by molar-refractivity contribution is 0.135. The summed E-state index contributed by atoms with van der Waals surface area (Å²) < 4.78 is 14.2.